The van der Waals surface area contributed by atoms with Crippen LogP contribution in [0.5, 0.6) is 5.75 Å². The van der Waals surface area contributed by atoms with Crippen molar-refractivity contribution in [1.82, 2.24) is 19.8 Å². The Bertz CT molecular complexity index is 984. The largest absolute Gasteiger partial charge is 0.497 e. The van der Waals surface area contributed by atoms with Gasteiger partial charge in [0.05, 0.1) is 13.5 Å². The number of likely N-dealkylation sites (tertiary alicyclic amines) is 2. The van der Waals surface area contributed by atoms with E-state index in [1.807, 2.05) is 41.4 Å². The predicted molar refractivity (Wildman–Crippen MR) is 143 cm³/mol. The first-order valence-electron chi connectivity index (χ1n) is 13.7. The molecule has 3 aliphatic heterocycles. The van der Waals surface area contributed by atoms with Crippen LogP contribution in [0.25, 0.3) is 0 Å². The second-order valence-corrected chi connectivity index (χ2v) is 10.4. The maximum Gasteiger partial charge on any atom is 0.226 e. The number of nitrogens with one attached hydrogen (secondary N) is 1. The molecule has 3 fully saturated rings. The van der Waals surface area contributed by atoms with Gasteiger partial charge in [0.25, 0.3) is 0 Å². The standard InChI is InChI=1S/C28H40N6O2/c1-36-25-8-6-22(7-9-25)20-27(35)33-18-12-24(13-19-33)34-17-11-23(21-34)30-28-29-14-10-26(31-28)32-15-4-2-3-5-16-32/h6-10,14,23-24H,2-5,11-13,15-21H2,1H3,(H,29,30,31). The van der Waals surface area contributed by atoms with Gasteiger partial charge in [0.2, 0.25) is 11.9 Å². The highest BCUT2D eigenvalue weighted by atomic mass is 16.5. The summed E-state index contributed by atoms with van der Waals surface area (Å²) in [6.45, 7) is 5.98. The van der Waals surface area contributed by atoms with E-state index in [-0.39, 0.29) is 5.91 Å². The number of benzene rings is 1. The molecule has 36 heavy (non-hydrogen) atoms. The molecule has 0 spiro atoms. The number of carbonyl (C=O) groups excluding carboxylic acids is 1. The van der Waals surface area contributed by atoms with Crippen molar-refractivity contribution >= 4 is 17.7 Å². The lowest BCUT2D eigenvalue weighted by molar-refractivity contribution is -0.132. The lowest BCUT2D eigenvalue weighted by Gasteiger charge is -2.37. The molecule has 3 saturated heterocycles. The van der Waals surface area contributed by atoms with Gasteiger partial charge in [-0.25, -0.2) is 4.98 Å². The Morgan fingerprint density at radius 2 is 1.72 bits per heavy atom. The molecule has 2 aromatic rings. The summed E-state index contributed by atoms with van der Waals surface area (Å²) in [6.07, 6.45) is 10.7. The van der Waals surface area contributed by atoms with E-state index in [9.17, 15) is 4.79 Å². The van der Waals surface area contributed by atoms with Crippen LogP contribution in [0.3, 0.4) is 0 Å². The quantitative estimate of drug-likeness (QED) is 0.633. The lowest BCUT2D eigenvalue weighted by atomic mass is 10.0. The molecule has 1 unspecified atom stereocenters. The predicted octanol–water partition coefficient (Wildman–Crippen LogP) is 3.59. The maximum atomic E-state index is 12.8. The summed E-state index contributed by atoms with van der Waals surface area (Å²) in [7, 11) is 1.66. The van der Waals surface area contributed by atoms with Crippen molar-refractivity contribution in [3.63, 3.8) is 0 Å². The zero-order chi connectivity index (χ0) is 24.7. The van der Waals surface area contributed by atoms with E-state index in [0.717, 1.165) is 81.6 Å². The monoisotopic (exact) mass is 492 g/mol. The van der Waals surface area contributed by atoms with Gasteiger partial charge >= 0.3 is 0 Å². The Morgan fingerprint density at radius 1 is 0.972 bits per heavy atom. The van der Waals surface area contributed by atoms with Crippen molar-refractivity contribution in [2.45, 2.75) is 63.5 Å². The molecule has 0 radical (unpaired) electrons. The number of hydrogen-bond acceptors (Lipinski definition) is 7. The van der Waals surface area contributed by atoms with E-state index < -0.39 is 0 Å². The topological polar surface area (TPSA) is 73.8 Å². The van der Waals surface area contributed by atoms with Gasteiger partial charge in [0.1, 0.15) is 11.6 Å². The van der Waals surface area contributed by atoms with E-state index >= 15 is 0 Å². The van der Waals surface area contributed by atoms with Crippen LogP contribution >= 0.6 is 0 Å². The molecule has 0 bridgehead atoms. The van der Waals surface area contributed by atoms with E-state index in [4.69, 9.17) is 9.72 Å². The van der Waals surface area contributed by atoms with Gasteiger partial charge in [0, 0.05) is 57.5 Å². The summed E-state index contributed by atoms with van der Waals surface area (Å²) in [6, 6.07) is 10.8. The molecule has 1 aromatic heterocycles. The Morgan fingerprint density at radius 3 is 2.44 bits per heavy atom. The number of aromatic nitrogens is 2. The second-order valence-electron chi connectivity index (χ2n) is 10.4. The Labute approximate surface area is 215 Å². The second kappa shape index (κ2) is 11.9. The van der Waals surface area contributed by atoms with Crippen molar-refractivity contribution in [3.05, 3.63) is 42.1 Å². The lowest BCUT2D eigenvalue weighted by Crippen LogP contribution is -2.46. The number of hydrogen-bond donors (Lipinski definition) is 1. The Kier molecular flexibility index (Phi) is 8.21. The third-order valence-electron chi connectivity index (χ3n) is 7.97. The smallest absolute Gasteiger partial charge is 0.226 e. The van der Waals surface area contributed by atoms with Gasteiger partial charge in [-0.1, -0.05) is 25.0 Å². The first kappa shape index (κ1) is 24.8. The number of ether oxygens (including phenoxy) is 1. The minimum absolute atomic E-state index is 0.223. The minimum Gasteiger partial charge on any atom is -0.497 e. The number of carbonyl (C=O) groups is 1. The van der Waals surface area contributed by atoms with E-state index in [1.54, 1.807) is 7.11 Å². The summed E-state index contributed by atoms with van der Waals surface area (Å²) < 4.78 is 5.21. The van der Waals surface area contributed by atoms with Gasteiger partial charge in [0.15, 0.2) is 0 Å². The maximum absolute atomic E-state index is 12.8. The van der Waals surface area contributed by atoms with Crippen molar-refractivity contribution < 1.29 is 9.53 Å². The molecule has 4 heterocycles. The molecule has 194 valence electrons. The first-order chi connectivity index (χ1) is 17.7. The normalized spacial score (nSPS) is 21.9. The number of methoxy groups -OCH3 is 1. The molecular formula is C28H40N6O2. The third-order valence-corrected chi connectivity index (χ3v) is 7.97. The van der Waals surface area contributed by atoms with Crippen LogP contribution in [0.1, 0.15) is 50.5 Å². The number of piperidine rings is 1. The Balaban J connectivity index is 1.07. The number of anilines is 2. The average molecular weight is 493 g/mol. The average Bonchev–Trinajstić information content (AvgIpc) is 3.21. The molecule has 0 saturated carbocycles. The highest BCUT2D eigenvalue weighted by Gasteiger charge is 2.32. The highest BCUT2D eigenvalue weighted by molar-refractivity contribution is 5.78. The molecule has 1 amide bonds. The van der Waals surface area contributed by atoms with Crippen LogP contribution in [0.15, 0.2) is 36.5 Å². The van der Waals surface area contributed by atoms with Gasteiger partial charge in [-0.15, -0.1) is 0 Å². The highest BCUT2D eigenvalue weighted by Crippen LogP contribution is 2.24. The van der Waals surface area contributed by atoms with Gasteiger partial charge in [-0.05, 0) is 55.9 Å². The summed E-state index contributed by atoms with van der Waals surface area (Å²) >= 11 is 0. The van der Waals surface area contributed by atoms with Crippen LogP contribution in [0.2, 0.25) is 0 Å². The zero-order valence-corrected chi connectivity index (χ0v) is 21.6. The summed E-state index contributed by atoms with van der Waals surface area (Å²) in [5, 5.41) is 3.60. The fourth-order valence-electron chi connectivity index (χ4n) is 5.82. The van der Waals surface area contributed by atoms with Crippen molar-refractivity contribution in [1.29, 1.82) is 0 Å². The van der Waals surface area contributed by atoms with Crippen LogP contribution in [-0.4, -0.2) is 84.1 Å². The molecule has 3 aliphatic rings. The molecule has 8 nitrogen and oxygen atoms in total. The molecule has 0 aliphatic carbocycles. The fraction of sp³-hybridized carbons (Fsp3) is 0.607. The van der Waals surface area contributed by atoms with Crippen LogP contribution in [0.4, 0.5) is 11.8 Å². The summed E-state index contributed by atoms with van der Waals surface area (Å²) in [5.41, 5.74) is 1.04. The van der Waals surface area contributed by atoms with Crippen LogP contribution in [-0.2, 0) is 11.2 Å². The minimum atomic E-state index is 0.223. The van der Waals surface area contributed by atoms with Gasteiger partial charge < -0.3 is 19.9 Å². The first-order valence-corrected chi connectivity index (χ1v) is 13.7. The van der Waals surface area contributed by atoms with Gasteiger partial charge in [-0.2, -0.15) is 4.98 Å². The zero-order valence-electron chi connectivity index (χ0n) is 21.6. The summed E-state index contributed by atoms with van der Waals surface area (Å²) in [4.78, 5) is 29.2. The van der Waals surface area contributed by atoms with E-state index in [1.165, 1.54) is 25.7 Å². The molecule has 1 atom stereocenters. The molecule has 5 rings (SSSR count). The fourth-order valence-corrected chi connectivity index (χ4v) is 5.82. The molecule has 1 aromatic carbocycles. The number of nitrogens with zero attached hydrogens (tertiary/aromatic N) is 5. The number of rotatable bonds is 7. The van der Waals surface area contributed by atoms with Gasteiger partial charge in [-0.3, -0.25) is 9.69 Å². The van der Waals surface area contributed by atoms with Crippen molar-refractivity contribution in [2.24, 2.45) is 0 Å². The molecule has 8 heteroatoms. The SMILES string of the molecule is COc1ccc(CC(=O)N2CCC(N3CCC(Nc4nccc(N5CCCCCC5)n4)C3)CC2)cc1. The Hall–Kier alpha value is -2.87. The van der Waals surface area contributed by atoms with Crippen LogP contribution in [0, 0.1) is 0 Å². The van der Waals surface area contributed by atoms with E-state index in [2.05, 4.69) is 20.1 Å². The third kappa shape index (κ3) is 6.27. The summed E-state index contributed by atoms with van der Waals surface area (Å²) in [5.74, 6) is 2.85. The molecule has 1 N–H and O–H groups in total. The van der Waals surface area contributed by atoms with Crippen molar-refractivity contribution in [2.75, 3.05) is 56.6 Å². The van der Waals surface area contributed by atoms with E-state index in [0.29, 0.717) is 18.5 Å². The van der Waals surface area contributed by atoms with Crippen LogP contribution < -0.4 is 15.0 Å². The number of amides is 1. The molecular weight excluding hydrogens is 452 g/mol. The van der Waals surface area contributed by atoms with Crippen molar-refractivity contribution in [3.8, 4) is 5.75 Å².